The molecule has 0 N–H and O–H groups in total. The van der Waals surface area contributed by atoms with Crippen LogP contribution in [0.3, 0.4) is 0 Å². The zero-order valence-electron chi connectivity index (χ0n) is 15.2. The van der Waals surface area contributed by atoms with Crippen LogP contribution in [0.2, 0.25) is 24.3 Å². The fourth-order valence-corrected chi connectivity index (χ4v) is 4.68. The summed E-state index contributed by atoms with van der Waals surface area (Å²) in [5, 5.41) is 0. The minimum atomic E-state index is 0.912. The summed E-state index contributed by atoms with van der Waals surface area (Å²) in [5.74, 6) is 2.80. The summed E-state index contributed by atoms with van der Waals surface area (Å²) in [7, 11) is 5.29. The summed E-state index contributed by atoms with van der Waals surface area (Å²) < 4.78 is 0. The van der Waals surface area contributed by atoms with Crippen molar-refractivity contribution in [3.8, 4) is 0 Å². The summed E-state index contributed by atoms with van der Waals surface area (Å²) in [4.78, 5) is 0. The molecule has 0 nitrogen and oxygen atoms in total. The normalized spacial score (nSPS) is 30.6. The van der Waals surface area contributed by atoms with Crippen molar-refractivity contribution in [1.29, 1.82) is 0 Å². The Hall–Kier alpha value is 0.130. The third-order valence-corrected chi connectivity index (χ3v) is 6.22. The predicted octanol–water partition coefficient (Wildman–Crippen LogP) is 7.08. The highest BCUT2D eigenvalue weighted by Gasteiger charge is 2.20. The van der Waals surface area contributed by atoms with E-state index in [0.29, 0.717) is 0 Å². The lowest BCUT2D eigenvalue weighted by Crippen LogP contribution is -2.13. The molecule has 2 saturated carbocycles. The SMILES string of the molecule is C[B]C1CCCCC([B]C2CCCCCCCC2)CCCC1. The molecular formula is C20H38B2. The minimum absolute atomic E-state index is 0.912. The van der Waals surface area contributed by atoms with Gasteiger partial charge in [0, 0.05) is 0 Å². The van der Waals surface area contributed by atoms with Gasteiger partial charge in [0.05, 0.1) is 0 Å². The van der Waals surface area contributed by atoms with E-state index in [-0.39, 0.29) is 0 Å². The third-order valence-electron chi connectivity index (χ3n) is 6.22. The van der Waals surface area contributed by atoms with E-state index in [9.17, 15) is 0 Å². The molecule has 0 saturated heterocycles. The number of hydrogen-bond acceptors (Lipinski definition) is 0. The van der Waals surface area contributed by atoms with Crippen LogP contribution in [0.15, 0.2) is 0 Å². The molecule has 2 heteroatoms. The first-order valence-electron chi connectivity index (χ1n) is 10.5. The monoisotopic (exact) mass is 300 g/mol. The van der Waals surface area contributed by atoms with Gasteiger partial charge in [-0.3, -0.25) is 0 Å². The molecule has 0 aromatic carbocycles. The van der Waals surface area contributed by atoms with Crippen LogP contribution in [0, 0.1) is 0 Å². The maximum Gasteiger partial charge on any atom is 0.117 e. The zero-order chi connectivity index (χ0) is 15.5. The lowest BCUT2D eigenvalue weighted by Gasteiger charge is -2.24. The van der Waals surface area contributed by atoms with Crippen LogP contribution in [0.1, 0.15) is 103 Å². The number of rotatable bonds is 3. The van der Waals surface area contributed by atoms with Gasteiger partial charge in [-0.15, -0.1) is 0 Å². The average Bonchev–Trinajstić information content (AvgIpc) is 2.67. The van der Waals surface area contributed by atoms with Crippen LogP contribution >= 0.6 is 0 Å². The van der Waals surface area contributed by atoms with Crippen molar-refractivity contribution in [2.75, 3.05) is 0 Å². The predicted molar refractivity (Wildman–Crippen MR) is 102 cm³/mol. The Balaban J connectivity index is 1.74. The Morgan fingerprint density at radius 3 is 1.18 bits per heavy atom. The Labute approximate surface area is 142 Å². The van der Waals surface area contributed by atoms with Gasteiger partial charge in [0.25, 0.3) is 0 Å². The zero-order valence-corrected chi connectivity index (χ0v) is 15.2. The van der Waals surface area contributed by atoms with Gasteiger partial charge < -0.3 is 0 Å². The van der Waals surface area contributed by atoms with Gasteiger partial charge in [-0.1, -0.05) is 127 Å². The van der Waals surface area contributed by atoms with Crippen LogP contribution < -0.4 is 0 Å². The first kappa shape index (κ1) is 18.5. The molecule has 2 aliphatic rings. The second-order valence-corrected chi connectivity index (χ2v) is 8.07. The molecule has 2 rings (SSSR count). The Morgan fingerprint density at radius 1 is 0.455 bits per heavy atom. The van der Waals surface area contributed by atoms with Gasteiger partial charge in [0.1, 0.15) is 14.6 Å². The van der Waals surface area contributed by atoms with Crippen LogP contribution in [-0.2, 0) is 0 Å². The van der Waals surface area contributed by atoms with Gasteiger partial charge in [0.15, 0.2) is 0 Å². The van der Waals surface area contributed by atoms with Crippen molar-refractivity contribution in [3.63, 3.8) is 0 Å². The summed E-state index contributed by atoms with van der Waals surface area (Å²) in [6, 6.07) is 0. The Morgan fingerprint density at radius 2 is 0.773 bits per heavy atom. The first-order chi connectivity index (χ1) is 10.9. The van der Waals surface area contributed by atoms with Crippen LogP contribution in [0.4, 0.5) is 0 Å². The highest BCUT2D eigenvalue weighted by molar-refractivity contribution is 6.39. The van der Waals surface area contributed by atoms with Crippen LogP contribution in [0.25, 0.3) is 0 Å². The molecule has 0 amide bonds. The topological polar surface area (TPSA) is 0 Å². The van der Waals surface area contributed by atoms with Crippen molar-refractivity contribution >= 4 is 14.6 Å². The maximum absolute atomic E-state index is 2.83. The maximum atomic E-state index is 2.83. The minimum Gasteiger partial charge on any atom is -0.0917 e. The molecule has 2 aliphatic carbocycles. The second kappa shape index (κ2) is 11.6. The molecule has 0 heterocycles. The van der Waals surface area contributed by atoms with Crippen molar-refractivity contribution < 1.29 is 0 Å². The lowest BCUT2D eigenvalue weighted by atomic mass is 9.50. The summed E-state index contributed by atoms with van der Waals surface area (Å²) >= 11 is 0. The molecule has 2 radical (unpaired) electrons. The van der Waals surface area contributed by atoms with E-state index in [1.807, 2.05) is 0 Å². The Kier molecular flexibility index (Phi) is 9.77. The largest absolute Gasteiger partial charge is 0.117 e. The highest BCUT2D eigenvalue weighted by atomic mass is 14.1. The van der Waals surface area contributed by atoms with Crippen LogP contribution in [0.5, 0.6) is 0 Å². The standard InChI is InChI=1S/C20H38B2/c1-21-18-12-8-10-16-20(17-11-9-13-18)22-19-14-6-4-2-3-5-7-15-19/h18-20H,2-17H2,1H3. The van der Waals surface area contributed by atoms with E-state index < -0.39 is 0 Å². The summed E-state index contributed by atoms with van der Waals surface area (Å²) in [6.45, 7) is 2.27. The Bertz CT molecular complexity index is 244. The molecule has 22 heavy (non-hydrogen) atoms. The molecule has 0 aromatic rings. The highest BCUT2D eigenvalue weighted by Crippen LogP contribution is 2.34. The van der Waals surface area contributed by atoms with Crippen LogP contribution in [-0.4, -0.2) is 14.6 Å². The molecule has 0 unspecified atom stereocenters. The smallest absolute Gasteiger partial charge is 0.0917 e. The lowest BCUT2D eigenvalue weighted by molar-refractivity contribution is 0.494. The van der Waals surface area contributed by atoms with Gasteiger partial charge in [0.2, 0.25) is 0 Å². The fraction of sp³-hybridized carbons (Fsp3) is 1.00. The third kappa shape index (κ3) is 7.60. The molecule has 124 valence electrons. The van der Waals surface area contributed by atoms with Crippen molar-refractivity contribution in [2.45, 2.75) is 127 Å². The van der Waals surface area contributed by atoms with E-state index in [2.05, 4.69) is 21.4 Å². The molecule has 0 bridgehead atoms. The van der Waals surface area contributed by atoms with E-state index >= 15 is 0 Å². The van der Waals surface area contributed by atoms with Gasteiger partial charge in [-0.25, -0.2) is 0 Å². The molecule has 0 aromatic heterocycles. The summed E-state index contributed by atoms with van der Waals surface area (Å²) in [5.41, 5.74) is 0. The van der Waals surface area contributed by atoms with Gasteiger partial charge >= 0.3 is 0 Å². The molecular weight excluding hydrogens is 262 g/mol. The first-order valence-corrected chi connectivity index (χ1v) is 10.5. The molecule has 2 fully saturated rings. The van der Waals surface area contributed by atoms with E-state index in [1.54, 1.807) is 0 Å². The van der Waals surface area contributed by atoms with E-state index in [4.69, 9.17) is 0 Å². The van der Waals surface area contributed by atoms with E-state index in [0.717, 1.165) is 17.5 Å². The van der Waals surface area contributed by atoms with E-state index in [1.165, 1.54) is 103 Å². The van der Waals surface area contributed by atoms with Crippen molar-refractivity contribution in [2.24, 2.45) is 0 Å². The second-order valence-electron chi connectivity index (χ2n) is 8.07. The van der Waals surface area contributed by atoms with Crippen molar-refractivity contribution in [3.05, 3.63) is 0 Å². The average molecular weight is 300 g/mol. The molecule has 0 aliphatic heterocycles. The fourth-order valence-electron chi connectivity index (χ4n) is 4.68. The van der Waals surface area contributed by atoms with Gasteiger partial charge in [-0.2, -0.15) is 0 Å². The van der Waals surface area contributed by atoms with Crippen molar-refractivity contribution in [1.82, 2.24) is 0 Å². The molecule has 0 spiro atoms. The summed E-state index contributed by atoms with van der Waals surface area (Å²) in [6.07, 6.45) is 23.6. The van der Waals surface area contributed by atoms with Gasteiger partial charge in [-0.05, 0) is 0 Å². The molecule has 0 atom stereocenters. The number of hydrogen-bond donors (Lipinski definition) is 0. The quantitative estimate of drug-likeness (QED) is 0.488.